The van der Waals surface area contributed by atoms with Crippen LogP contribution in [0.1, 0.15) is 33.1 Å². The van der Waals surface area contributed by atoms with Crippen LogP contribution in [-0.4, -0.2) is 34.7 Å². The first kappa shape index (κ1) is 8.52. The monoisotopic (exact) mass is 169 g/mol. The molecular weight excluding hydrogens is 150 g/mol. The van der Waals surface area contributed by atoms with E-state index in [1.165, 1.54) is 25.8 Å². The number of piperidine rings is 1. The number of aliphatic hydroxyl groups is 1. The maximum Gasteiger partial charge on any atom is 0.0718 e. The number of likely N-dealkylation sites (tertiary alicyclic amines) is 1. The van der Waals surface area contributed by atoms with Gasteiger partial charge >= 0.3 is 0 Å². The Hall–Kier alpha value is -0.0800. The van der Waals surface area contributed by atoms with Crippen molar-refractivity contribution < 1.29 is 5.11 Å². The first-order chi connectivity index (χ1) is 5.56. The van der Waals surface area contributed by atoms with Crippen molar-refractivity contribution in [1.29, 1.82) is 0 Å². The highest BCUT2D eigenvalue weighted by atomic mass is 16.3. The molecular formula is C10H19NO. The van der Waals surface area contributed by atoms with Gasteiger partial charge in [0.2, 0.25) is 0 Å². The van der Waals surface area contributed by atoms with Crippen molar-refractivity contribution in [1.82, 2.24) is 4.90 Å². The molecule has 0 aromatic carbocycles. The minimum atomic E-state index is -0.509. The van der Waals surface area contributed by atoms with Crippen LogP contribution in [0.4, 0.5) is 0 Å². The maximum absolute atomic E-state index is 9.66. The van der Waals surface area contributed by atoms with Crippen molar-refractivity contribution in [2.24, 2.45) is 5.92 Å². The molecule has 0 spiro atoms. The molecule has 1 aliphatic heterocycles. The van der Waals surface area contributed by atoms with Gasteiger partial charge < -0.3 is 5.11 Å². The standard InChI is InChI=1S/C10H19NO/c1-10(2,12)7-11-5-3-4-8-6-9(8)11/h8-9,12H,3-7H2,1-2H3/t8-,9+/m1/s1. The Morgan fingerprint density at radius 3 is 2.92 bits per heavy atom. The minimum absolute atomic E-state index is 0.509. The quantitative estimate of drug-likeness (QED) is 0.672. The Labute approximate surface area is 74.6 Å². The van der Waals surface area contributed by atoms with E-state index >= 15 is 0 Å². The molecule has 1 heterocycles. The molecule has 12 heavy (non-hydrogen) atoms. The average molecular weight is 169 g/mol. The Morgan fingerprint density at radius 1 is 1.50 bits per heavy atom. The molecule has 2 rings (SSSR count). The lowest BCUT2D eigenvalue weighted by Gasteiger charge is -2.31. The minimum Gasteiger partial charge on any atom is -0.389 e. The number of β-amino-alcohol motifs (C(OH)–C–C–N with tert-alkyl or cyclic N) is 1. The molecule has 0 amide bonds. The van der Waals surface area contributed by atoms with Gasteiger partial charge in [-0.25, -0.2) is 0 Å². The fourth-order valence-corrected chi connectivity index (χ4v) is 2.40. The average Bonchev–Trinajstić information content (AvgIpc) is 2.62. The third-order valence-corrected chi connectivity index (χ3v) is 2.96. The van der Waals surface area contributed by atoms with Gasteiger partial charge in [-0.05, 0) is 45.6 Å². The van der Waals surface area contributed by atoms with Crippen LogP contribution in [-0.2, 0) is 0 Å². The number of hydrogen-bond donors (Lipinski definition) is 1. The normalized spacial score (nSPS) is 36.2. The van der Waals surface area contributed by atoms with E-state index in [0.29, 0.717) is 0 Å². The SMILES string of the molecule is CC(C)(O)CN1CCC[C@@H]2C[C@@H]21. The largest absolute Gasteiger partial charge is 0.389 e. The molecule has 2 fully saturated rings. The third-order valence-electron chi connectivity index (χ3n) is 2.96. The van der Waals surface area contributed by atoms with Gasteiger partial charge in [-0.1, -0.05) is 0 Å². The summed E-state index contributed by atoms with van der Waals surface area (Å²) in [5.41, 5.74) is -0.509. The Kier molecular flexibility index (Phi) is 1.92. The summed E-state index contributed by atoms with van der Waals surface area (Å²) in [4.78, 5) is 2.47. The van der Waals surface area contributed by atoms with Crippen molar-refractivity contribution in [2.75, 3.05) is 13.1 Å². The van der Waals surface area contributed by atoms with E-state index in [2.05, 4.69) is 4.90 Å². The lowest BCUT2D eigenvalue weighted by molar-refractivity contribution is 0.0263. The van der Waals surface area contributed by atoms with Gasteiger partial charge in [-0.2, -0.15) is 0 Å². The molecule has 0 radical (unpaired) electrons. The predicted octanol–water partition coefficient (Wildman–Crippen LogP) is 1.24. The lowest BCUT2D eigenvalue weighted by atomic mass is 10.1. The zero-order valence-corrected chi connectivity index (χ0v) is 8.08. The summed E-state index contributed by atoms with van der Waals surface area (Å²) in [6.45, 7) is 5.86. The number of rotatable bonds is 2. The van der Waals surface area contributed by atoms with Crippen LogP contribution in [0.15, 0.2) is 0 Å². The number of fused-ring (bicyclic) bond motifs is 1. The van der Waals surface area contributed by atoms with Crippen LogP contribution in [0, 0.1) is 5.92 Å². The molecule has 0 aromatic heterocycles. The van der Waals surface area contributed by atoms with Crippen LogP contribution in [0.25, 0.3) is 0 Å². The van der Waals surface area contributed by atoms with Gasteiger partial charge in [-0.3, -0.25) is 4.90 Å². The summed E-state index contributed by atoms with van der Waals surface area (Å²) in [5, 5.41) is 9.66. The van der Waals surface area contributed by atoms with Gasteiger partial charge in [0.05, 0.1) is 5.60 Å². The van der Waals surface area contributed by atoms with Crippen molar-refractivity contribution in [3.05, 3.63) is 0 Å². The zero-order chi connectivity index (χ0) is 8.77. The maximum atomic E-state index is 9.66. The van der Waals surface area contributed by atoms with E-state index in [-0.39, 0.29) is 0 Å². The van der Waals surface area contributed by atoms with Crippen molar-refractivity contribution >= 4 is 0 Å². The Bertz CT molecular complexity index is 173. The summed E-state index contributed by atoms with van der Waals surface area (Å²) >= 11 is 0. The molecule has 0 unspecified atom stereocenters. The van der Waals surface area contributed by atoms with Gasteiger partial charge in [0.1, 0.15) is 0 Å². The van der Waals surface area contributed by atoms with Gasteiger partial charge in [0, 0.05) is 12.6 Å². The summed E-state index contributed by atoms with van der Waals surface area (Å²) in [7, 11) is 0. The number of nitrogens with zero attached hydrogens (tertiary/aromatic N) is 1. The zero-order valence-electron chi connectivity index (χ0n) is 8.08. The van der Waals surface area contributed by atoms with Crippen molar-refractivity contribution in [3.63, 3.8) is 0 Å². The lowest BCUT2D eigenvalue weighted by Crippen LogP contribution is -2.42. The molecule has 2 atom stereocenters. The van der Waals surface area contributed by atoms with Crippen molar-refractivity contribution in [2.45, 2.75) is 44.8 Å². The van der Waals surface area contributed by atoms with Gasteiger partial charge in [-0.15, -0.1) is 0 Å². The van der Waals surface area contributed by atoms with Crippen LogP contribution < -0.4 is 0 Å². The Morgan fingerprint density at radius 2 is 2.25 bits per heavy atom. The predicted molar refractivity (Wildman–Crippen MR) is 49.0 cm³/mol. The topological polar surface area (TPSA) is 23.5 Å². The molecule has 0 bridgehead atoms. The molecule has 1 saturated carbocycles. The van der Waals surface area contributed by atoms with Crippen LogP contribution in [0.3, 0.4) is 0 Å². The highest BCUT2D eigenvalue weighted by Crippen LogP contribution is 2.43. The van der Waals surface area contributed by atoms with E-state index in [9.17, 15) is 5.11 Å². The van der Waals surface area contributed by atoms with Crippen LogP contribution >= 0.6 is 0 Å². The van der Waals surface area contributed by atoms with Gasteiger partial charge in [0.25, 0.3) is 0 Å². The second-order valence-corrected chi connectivity index (χ2v) is 4.99. The first-order valence-corrected chi connectivity index (χ1v) is 5.03. The van der Waals surface area contributed by atoms with E-state index in [4.69, 9.17) is 0 Å². The third kappa shape index (κ3) is 1.80. The molecule has 70 valence electrons. The summed E-state index contributed by atoms with van der Waals surface area (Å²) in [6, 6.07) is 0.824. The second-order valence-electron chi connectivity index (χ2n) is 4.99. The van der Waals surface area contributed by atoms with E-state index in [1.807, 2.05) is 13.8 Å². The molecule has 1 aliphatic carbocycles. The molecule has 2 heteroatoms. The van der Waals surface area contributed by atoms with E-state index < -0.39 is 5.60 Å². The molecule has 2 nitrogen and oxygen atoms in total. The van der Waals surface area contributed by atoms with Crippen molar-refractivity contribution in [3.8, 4) is 0 Å². The van der Waals surface area contributed by atoms with Gasteiger partial charge in [0.15, 0.2) is 0 Å². The fourth-order valence-electron chi connectivity index (χ4n) is 2.40. The first-order valence-electron chi connectivity index (χ1n) is 5.03. The molecule has 1 N–H and O–H groups in total. The second kappa shape index (κ2) is 2.71. The number of hydrogen-bond acceptors (Lipinski definition) is 2. The Balaban J connectivity index is 1.87. The highest BCUT2D eigenvalue weighted by Gasteiger charge is 2.44. The molecule has 1 saturated heterocycles. The summed E-state index contributed by atoms with van der Waals surface area (Å²) < 4.78 is 0. The van der Waals surface area contributed by atoms with Crippen LogP contribution in [0.2, 0.25) is 0 Å². The van der Waals surface area contributed by atoms with Crippen LogP contribution in [0.5, 0.6) is 0 Å². The highest BCUT2D eigenvalue weighted by molar-refractivity contribution is 4.99. The molecule has 0 aromatic rings. The molecule has 2 aliphatic rings. The summed E-state index contributed by atoms with van der Waals surface area (Å²) in [5.74, 6) is 0.973. The van der Waals surface area contributed by atoms with E-state index in [1.54, 1.807) is 0 Å². The smallest absolute Gasteiger partial charge is 0.0718 e. The van der Waals surface area contributed by atoms with E-state index in [0.717, 1.165) is 18.5 Å². The summed E-state index contributed by atoms with van der Waals surface area (Å²) in [6.07, 6.45) is 4.14. The fraction of sp³-hybridized carbons (Fsp3) is 1.00.